The quantitative estimate of drug-likeness (QED) is 0.891. The minimum Gasteiger partial charge on any atom is -0.349 e. The Bertz CT molecular complexity index is 598. The first-order valence-corrected chi connectivity index (χ1v) is 6.72. The summed E-state index contributed by atoms with van der Waals surface area (Å²) >= 11 is 0. The molecule has 108 valence electrons. The molecule has 0 saturated heterocycles. The summed E-state index contributed by atoms with van der Waals surface area (Å²) in [4.78, 5) is 16.3. The second kappa shape index (κ2) is 5.90. The van der Waals surface area contributed by atoms with Crippen LogP contribution in [0.4, 0.5) is 0 Å². The fourth-order valence-electron chi connectivity index (χ4n) is 2.11. The van der Waals surface area contributed by atoms with Gasteiger partial charge in [-0.05, 0) is 19.9 Å². The first-order valence-electron chi connectivity index (χ1n) is 6.72. The van der Waals surface area contributed by atoms with Gasteiger partial charge in [0, 0.05) is 25.1 Å². The number of aromatic nitrogens is 4. The summed E-state index contributed by atoms with van der Waals surface area (Å²) in [5, 5.41) is 7.29. The van der Waals surface area contributed by atoms with Crippen molar-refractivity contribution in [2.45, 2.75) is 33.9 Å². The van der Waals surface area contributed by atoms with Crippen molar-refractivity contribution >= 4 is 5.91 Å². The molecule has 1 atom stereocenters. The number of aryl methyl sites for hydroxylation is 3. The van der Waals surface area contributed by atoms with Crippen molar-refractivity contribution in [1.29, 1.82) is 0 Å². The normalized spacial score (nSPS) is 12.4. The van der Waals surface area contributed by atoms with Gasteiger partial charge in [-0.2, -0.15) is 5.10 Å². The highest BCUT2D eigenvalue weighted by molar-refractivity contribution is 5.78. The lowest BCUT2D eigenvalue weighted by Gasteiger charge is -2.13. The average Bonchev–Trinajstić information content (AvgIpc) is 2.93. The van der Waals surface area contributed by atoms with Crippen molar-refractivity contribution in [3.63, 3.8) is 0 Å². The van der Waals surface area contributed by atoms with Crippen LogP contribution in [0.1, 0.15) is 24.1 Å². The van der Waals surface area contributed by atoms with Crippen LogP contribution < -0.4 is 5.32 Å². The van der Waals surface area contributed by atoms with Crippen molar-refractivity contribution in [2.75, 3.05) is 0 Å². The molecule has 1 amide bonds. The maximum atomic E-state index is 12.1. The van der Waals surface area contributed by atoms with Crippen molar-refractivity contribution in [3.8, 4) is 0 Å². The van der Waals surface area contributed by atoms with E-state index in [2.05, 4.69) is 15.4 Å². The van der Waals surface area contributed by atoms with Gasteiger partial charge in [-0.1, -0.05) is 6.92 Å². The zero-order valence-corrected chi connectivity index (χ0v) is 12.4. The van der Waals surface area contributed by atoms with Crippen LogP contribution in [-0.2, 0) is 24.9 Å². The van der Waals surface area contributed by atoms with Crippen LogP contribution in [0.5, 0.6) is 0 Å². The molecule has 0 saturated carbocycles. The number of hydrogen-bond acceptors (Lipinski definition) is 3. The molecule has 2 aromatic heterocycles. The van der Waals surface area contributed by atoms with Crippen LogP contribution >= 0.6 is 0 Å². The van der Waals surface area contributed by atoms with E-state index in [9.17, 15) is 4.79 Å². The molecule has 1 N–H and O–H groups in total. The smallest absolute Gasteiger partial charge is 0.225 e. The first kappa shape index (κ1) is 14.3. The van der Waals surface area contributed by atoms with Crippen molar-refractivity contribution in [2.24, 2.45) is 13.0 Å². The molecule has 0 aliphatic heterocycles. The van der Waals surface area contributed by atoms with Gasteiger partial charge in [-0.25, -0.2) is 4.98 Å². The lowest BCUT2D eigenvalue weighted by atomic mass is 10.1. The molecule has 0 unspecified atom stereocenters. The Kier molecular flexibility index (Phi) is 4.22. The second-order valence-electron chi connectivity index (χ2n) is 5.18. The third-order valence-electron chi connectivity index (χ3n) is 3.34. The summed E-state index contributed by atoms with van der Waals surface area (Å²) in [5.74, 6) is 0.727. The van der Waals surface area contributed by atoms with E-state index in [4.69, 9.17) is 0 Å². The zero-order valence-electron chi connectivity index (χ0n) is 12.4. The predicted molar refractivity (Wildman–Crippen MR) is 75.9 cm³/mol. The maximum Gasteiger partial charge on any atom is 0.225 e. The van der Waals surface area contributed by atoms with Gasteiger partial charge in [0.2, 0.25) is 5.91 Å². The Morgan fingerprint density at radius 2 is 2.20 bits per heavy atom. The molecule has 0 aliphatic rings. The number of nitrogens with one attached hydrogen (secondary N) is 1. The first-order chi connectivity index (χ1) is 9.47. The van der Waals surface area contributed by atoms with Gasteiger partial charge >= 0.3 is 0 Å². The molecular weight excluding hydrogens is 254 g/mol. The molecule has 0 bridgehead atoms. The largest absolute Gasteiger partial charge is 0.349 e. The molecule has 20 heavy (non-hydrogen) atoms. The fraction of sp³-hybridized carbons (Fsp3) is 0.500. The van der Waals surface area contributed by atoms with E-state index in [1.807, 2.05) is 49.3 Å². The summed E-state index contributed by atoms with van der Waals surface area (Å²) in [6.07, 6.45) is 3.58. The highest BCUT2D eigenvalue weighted by Gasteiger charge is 2.15. The Morgan fingerprint density at radius 1 is 1.45 bits per heavy atom. The average molecular weight is 275 g/mol. The third kappa shape index (κ3) is 3.26. The van der Waals surface area contributed by atoms with Gasteiger partial charge in [0.25, 0.3) is 0 Å². The molecule has 0 aromatic carbocycles. The molecule has 0 aliphatic carbocycles. The molecule has 0 fully saturated rings. The van der Waals surface area contributed by atoms with Crippen molar-refractivity contribution in [1.82, 2.24) is 24.6 Å². The zero-order chi connectivity index (χ0) is 14.7. The summed E-state index contributed by atoms with van der Waals surface area (Å²) in [5.41, 5.74) is 2.05. The van der Waals surface area contributed by atoms with Gasteiger partial charge < -0.3 is 9.88 Å². The number of carbonyl (C=O) groups excluding carboxylic acids is 1. The number of carbonyl (C=O) groups is 1. The summed E-state index contributed by atoms with van der Waals surface area (Å²) < 4.78 is 3.77. The molecule has 2 aromatic rings. The van der Waals surface area contributed by atoms with Crippen LogP contribution in [0.25, 0.3) is 0 Å². The highest BCUT2D eigenvalue weighted by Crippen LogP contribution is 2.07. The van der Waals surface area contributed by atoms with Gasteiger partial charge in [0.05, 0.1) is 24.7 Å². The highest BCUT2D eigenvalue weighted by atomic mass is 16.1. The molecule has 0 spiro atoms. The minimum atomic E-state index is -0.131. The van der Waals surface area contributed by atoms with Crippen LogP contribution in [0.2, 0.25) is 0 Å². The number of nitrogens with zero attached hydrogens (tertiary/aromatic N) is 4. The molecule has 6 nitrogen and oxygen atoms in total. The number of hydrogen-bond donors (Lipinski definition) is 1. The lowest BCUT2D eigenvalue weighted by Crippen LogP contribution is -2.32. The van der Waals surface area contributed by atoms with Gasteiger partial charge in [0.15, 0.2) is 0 Å². The van der Waals surface area contributed by atoms with E-state index in [1.165, 1.54) is 0 Å². The van der Waals surface area contributed by atoms with Crippen LogP contribution in [0, 0.1) is 19.8 Å². The van der Waals surface area contributed by atoms with Gasteiger partial charge in [0.1, 0.15) is 5.82 Å². The standard InChI is InChI=1S/C14H21N5O/c1-10(9-19-12(3)7-11(2)17-19)14(20)16-8-13-15-5-6-18(13)4/h5-7,10H,8-9H2,1-4H3,(H,16,20)/t10-/m1/s1. The van der Waals surface area contributed by atoms with Crippen LogP contribution in [0.15, 0.2) is 18.5 Å². The van der Waals surface area contributed by atoms with Gasteiger partial charge in [-0.3, -0.25) is 9.48 Å². The minimum absolute atomic E-state index is 0.0144. The Hall–Kier alpha value is -2.11. The summed E-state index contributed by atoms with van der Waals surface area (Å²) in [7, 11) is 1.91. The van der Waals surface area contributed by atoms with E-state index in [0.29, 0.717) is 13.1 Å². The number of rotatable bonds is 5. The van der Waals surface area contributed by atoms with Crippen molar-refractivity contribution in [3.05, 3.63) is 35.7 Å². The molecule has 6 heteroatoms. The van der Waals surface area contributed by atoms with E-state index in [1.54, 1.807) is 6.20 Å². The third-order valence-corrected chi connectivity index (χ3v) is 3.34. The Balaban J connectivity index is 1.89. The fourth-order valence-corrected chi connectivity index (χ4v) is 2.11. The van der Waals surface area contributed by atoms with Crippen molar-refractivity contribution < 1.29 is 4.79 Å². The summed E-state index contributed by atoms with van der Waals surface area (Å²) in [6.45, 7) is 6.90. The van der Waals surface area contributed by atoms with E-state index in [-0.39, 0.29) is 11.8 Å². The lowest BCUT2D eigenvalue weighted by molar-refractivity contribution is -0.125. The van der Waals surface area contributed by atoms with E-state index in [0.717, 1.165) is 17.2 Å². The monoisotopic (exact) mass is 275 g/mol. The summed E-state index contributed by atoms with van der Waals surface area (Å²) in [6, 6.07) is 2.01. The van der Waals surface area contributed by atoms with Crippen LogP contribution in [-0.4, -0.2) is 25.2 Å². The second-order valence-corrected chi connectivity index (χ2v) is 5.18. The SMILES string of the molecule is Cc1cc(C)n(C[C@@H](C)C(=O)NCc2nccn2C)n1. The Morgan fingerprint density at radius 3 is 2.75 bits per heavy atom. The molecular formula is C14H21N5O. The van der Waals surface area contributed by atoms with Gasteiger partial charge in [-0.15, -0.1) is 0 Å². The van der Waals surface area contributed by atoms with E-state index >= 15 is 0 Å². The Labute approximate surface area is 118 Å². The number of amides is 1. The molecule has 0 radical (unpaired) electrons. The molecule has 2 rings (SSSR count). The predicted octanol–water partition coefficient (Wildman–Crippen LogP) is 1.19. The maximum absolute atomic E-state index is 12.1. The number of imidazole rings is 1. The topological polar surface area (TPSA) is 64.7 Å². The van der Waals surface area contributed by atoms with Crippen LogP contribution in [0.3, 0.4) is 0 Å². The van der Waals surface area contributed by atoms with E-state index < -0.39 is 0 Å². The molecule has 2 heterocycles.